The molecule has 4 heteroatoms. The van der Waals surface area contributed by atoms with Crippen LogP contribution >= 0.6 is 0 Å². The zero-order valence-electron chi connectivity index (χ0n) is 8.20. The smallest absolute Gasteiger partial charge is 0.193 e. The fraction of sp³-hybridized carbons (Fsp3) is 0.182. The molecule has 1 rings (SSSR count). The van der Waals surface area contributed by atoms with Crippen LogP contribution < -0.4 is 0 Å². The molecular formula is C11H11FO3. The summed E-state index contributed by atoms with van der Waals surface area (Å²) in [6.07, 6.45) is 2.00. The number of ketones is 1. The van der Waals surface area contributed by atoms with Gasteiger partial charge in [0, 0.05) is 0 Å². The van der Waals surface area contributed by atoms with E-state index in [1.165, 1.54) is 12.1 Å². The zero-order chi connectivity index (χ0) is 11.4. The summed E-state index contributed by atoms with van der Waals surface area (Å²) < 4.78 is 11.8. The first kappa shape index (κ1) is 11.2. The lowest BCUT2D eigenvalue weighted by Crippen LogP contribution is -1.97. The Morgan fingerprint density at radius 2 is 2.13 bits per heavy atom. The molecule has 1 aromatic rings. The summed E-state index contributed by atoms with van der Waals surface area (Å²) in [6.45, 7) is 0.837. The topological polar surface area (TPSA) is 57.5 Å². The molecule has 80 valence electrons. The van der Waals surface area contributed by atoms with Crippen molar-refractivity contribution in [2.24, 2.45) is 0 Å². The molecule has 0 fully saturated rings. The van der Waals surface area contributed by atoms with Crippen molar-refractivity contribution in [2.45, 2.75) is 6.92 Å². The van der Waals surface area contributed by atoms with Gasteiger partial charge in [0.2, 0.25) is 0 Å². The van der Waals surface area contributed by atoms with Gasteiger partial charge in [-0.2, -0.15) is 0 Å². The van der Waals surface area contributed by atoms with E-state index in [-0.39, 0.29) is 17.1 Å². The van der Waals surface area contributed by atoms with E-state index >= 15 is 0 Å². The molecule has 0 aromatic heterocycles. The number of aryl methyl sites for hydroxylation is 1. The normalized spacial score (nSPS) is 10.8. The maximum atomic E-state index is 11.8. The average Bonchev–Trinajstić information content (AvgIpc) is 2.21. The van der Waals surface area contributed by atoms with Gasteiger partial charge in [-0.25, -0.2) is 4.39 Å². The van der Waals surface area contributed by atoms with Crippen molar-refractivity contribution >= 4 is 5.78 Å². The Kier molecular flexibility index (Phi) is 3.44. The number of phenolic OH excluding ortho intramolecular Hbond substituents is 2. The number of alkyl halides is 1. The van der Waals surface area contributed by atoms with Crippen LogP contribution in [0.3, 0.4) is 0 Å². The quantitative estimate of drug-likeness (QED) is 0.593. The van der Waals surface area contributed by atoms with Gasteiger partial charge in [-0.15, -0.1) is 0 Å². The highest BCUT2D eigenvalue weighted by atomic mass is 19.1. The van der Waals surface area contributed by atoms with Gasteiger partial charge >= 0.3 is 0 Å². The summed E-state index contributed by atoms with van der Waals surface area (Å²) in [5.74, 6) is -1.21. The van der Waals surface area contributed by atoms with E-state index in [1.807, 2.05) is 0 Å². The van der Waals surface area contributed by atoms with Crippen molar-refractivity contribution in [3.05, 3.63) is 35.4 Å². The van der Waals surface area contributed by atoms with Crippen LogP contribution in [-0.4, -0.2) is 22.7 Å². The molecule has 0 unspecified atom stereocenters. The van der Waals surface area contributed by atoms with Crippen LogP contribution in [0.2, 0.25) is 0 Å². The molecular weight excluding hydrogens is 199 g/mol. The number of phenols is 2. The molecule has 0 bridgehead atoms. The SMILES string of the molecule is Cc1ccc(O)c(C(=O)/C=C/CF)c1O. The third kappa shape index (κ3) is 2.34. The first-order valence-corrected chi connectivity index (χ1v) is 4.36. The lowest BCUT2D eigenvalue weighted by Gasteiger charge is -2.06. The van der Waals surface area contributed by atoms with Crippen LogP contribution in [0.15, 0.2) is 24.3 Å². The Morgan fingerprint density at radius 3 is 2.73 bits per heavy atom. The van der Waals surface area contributed by atoms with Crippen LogP contribution in [0, 0.1) is 6.92 Å². The molecule has 0 spiro atoms. The van der Waals surface area contributed by atoms with E-state index in [0.29, 0.717) is 5.56 Å². The maximum Gasteiger partial charge on any atom is 0.193 e. The summed E-state index contributed by atoms with van der Waals surface area (Å²) >= 11 is 0. The largest absolute Gasteiger partial charge is 0.507 e. The predicted octanol–water partition coefficient (Wildman–Crippen LogP) is 2.11. The number of rotatable bonds is 3. The Hall–Kier alpha value is -1.84. The highest BCUT2D eigenvalue weighted by Crippen LogP contribution is 2.30. The van der Waals surface area contributed by atoms with Gasteiger partial charge in [-0.3, -0.25) is 4.79 Å². The van der Waals surface area contributed by atoms with Crippen molar-refractivity contribution in [3.63, 3.8) is 0 Å². The van der Waals surface area contributed by atoms with E-state index < -0.39 is 12.5 Å². The molecule has 3 nitrogen and oxygen atoms in total. The van der Waals surface area contributed by atoms with E-state index in [2.05, 4.69) is 0 Å². The second-order valence-corrected chi connectivity index (χ2v) is 3.05. The molecule has 0 amide bonds. The summed E-state index contributed by atoms with van der Waals surface area (Å²) in [6, 6.07) is 2.80. The Balaban J connectivity index is 3.18. The number of halogens is 1. The molecule has 15 heavy (non-hydrogen) atoms. The van der Waals surface area contributed by atoms with E-state index in [1.54, 1.807) is 6.92 Å². The number of carbonyl (C=O) groups excluding carboxylic acids is 1. The number of hydrogen-bond acceptors (Lipinski definition) is 3. The number of benzene rings is 1. The van der Waals surface area contributed by atoms with Crippen LogP contribution in [0.5, 0.6) is 11.5 Å². The van der Waals surface area contributed by atoms with Crippen LogP contribution in [0.25, 0.3) is 0 Å². The van der Waals surface area contributed by atoms with Crippen molar-refractivity contribution in [3.8, 4) is 11.5 Å². The zero-order valence-corrected chi connectivity index (χ0v) is 8.20. The van der Waals surface area contributed by atoms with E-state index in [0.717, 1.165) is 12.2 Å². The van der Waals surface area contributed by atoms with Crippen molar-refractivity contribution in [1.29, 1.82) is 0 Å². The lowest BCUT2D eigenvalue weighted by molar-refractivity contribution is 0.104. The summed E-state index contributed by atoms with van der Waals surface area (Å²) in [4.78, 5) is 11.4. The van der Waals surface area contributed by atoms with E-state index in [4.69, 9.17) is 0 Å². The van der Waals surface area contributed by atoms with Gasteiger partial charge in [0.25, 0.3) is 0 Å². The Labute approximate surface area is 86.5 Å². The molecule has 0 saturated heterocycles. The summed E-state index contributed by atoms with van der Waals surface area (Å²) in [5, 5.41) is 18.9. The van der Waals surface area contributed by atoms with Gasteiger partial charge < -0.3 is 10.2 Å². The molecule has 0 aliphatic heterocycles. The van der Waals surface area contributed by atoms with Gasteiger partial charge in [-0.1, -0.05) is 6.07 Å². The first-order chi connectivity index (χ1) is 7.07. The number of aromatic hydroxyl groups is 2. The molecule has 0 aliphatic rings. The Morgan fingerprint density at radius 1 is 1.47 bits per heavy atom. The van der Waals surface area contributed by atoms with Gasteiger partial charge in [0.05, 0.1) is 0 Å². The monoisotopic (exact) mass is 210 g/mol. The fourth-order valence-electron chi connectivity index (χ4n) is 1.16. The van der Waals surface area contributed by atoms with Crippen LogP contribution in [0.4, 0.5) is 4.39 Å². The minimum Gasteiger partial charge on any atom is -0.507 e. The molecule has 0 radical (unpaired) electrons. The first-order valence-electron chi connectivity index (χ1n) is 4.36. The fourth-order valence-corrected chi connectivity index (χ4v) is 1.16. The van der Waals surface area contributed by atoms with Crippen LogP contribution in [0.1, 0.15) is 15.9 Å². The highest BCUT2D eigenvalue weighted by Gasteiger charge is 2.15. The lowest BCUT2D eigenvalue weighted by atomic mass is 10.0. The van der Waals surface area contributed by atoms with Crippen molar-refractivity contribution in [2.75, 3.05) is 6.67 Å². The predicted molar refractivity (Wildman–Crippen MR) is 54.0 cm³/mol. The van der Waals surface area contributed by atoms with Gasteiger partial charge in [0.15, 0.2) is 5.78 Å². The molecule has 0 saturated carbocycles. The number of hydrogen-bond donors (Lipinski definition) is 2. The molecule has 0 atom stereocenters. The molecule has 2 N–H and O–H groups in total. The number of allylic oxidation sites excluding steroid dienone is 2. The molecule has 1 aromatic carbocycles. The van der Waals surface area contributed by atoms with Crippen molar-refractivity contribution < 1.29 is 19.4 Å². The second-order valence-electron chi connectivity index (χ2n) is 3.05. The Bertz CT molecular complexity index is 411. The summed E-state index contributed by atoms with van der Waals surface area (Å²) in [5.41, 5.74) is 0.282. The minimum atomic E-state index is -0.765. The maximum absolute atomic E-state index is 11.8. The minimum absolute atomic E-state index is 0.195. The number of carbonyl (C=O) groups is 1. The molecule has 0 heterocycles. The standard InChI is InChI=1S/C11H11FO3/c1-7-4-5-9(14)10(11(7)15)8(13)3-2-6-12/h2-5,14-15H,6H2,1H3/b3-2+. The summed E-state index contributed by atoms with van der Waals surface area (Å²) in [7, 11) is 0. The van der Waals surface area contributed by atoms with Gasteiger partial charge in [-0.05, 0) is 30.7 Å². The third-order valence-electron chi connectivity index (χ3n) is 1.96. The highest BCUT2D eigenvalue weighted by molar-refractivity contribution is 6.08. The second kappa shape index (κ2) is 4.59. The molecule has 0 aliphatic carbocycles. The third-order valence-corrected chi connectivity index (χ3v) is 1.96. The van der Waals surface area contributed by atoms with Gasteiger partial charge in [0.1, 0.15) is 23.7 Å². The van der Waals surface area contributed by atoms with Crippen LogP contribution in [-0.2, 0) is 0 Å². The van der Waals surface area contributed by atoms with Crippen molar-refractivity contribution in [1.82, 2.24) is 0 Å². The van der Waals surface area contributed by atoms with E-state index in [9.17, 15) is 19.4 Å². The average molecular weight is 210 g/mol.